The van der Waals surface area contributed by atoms with Gasteiger partial charge in [-0.15, -0.1) is 0 Å². The number of piperidine rings is 1. The highest BCUT2D eigenvalue weighted by molar-refractivity contribution is 6.30. The van der Waals surface area contributed by atoms with Gasteiger partial charge < -0.3 is 10.0 Å². The molecule has 3 aromatic rings. The van der Waals surface area contributed by atoms with E-state index in [0.29, 0.717) is 0 Å². The Hall–Kier alpha value is -2.46. The fourth-order valence-corrected chi connectivity index (χ4v) is 5.97. The Balaban J connectivity index is 1.24. The van der Waals surface area contributed by atoms with Crippen LogP contribution in [0.3, 0.4) is 0 Å². The number of fused-ring (bicyclic) bond motifs is 2. The van der Waals surface area contributed by atoms with Crippen molar-refractivity contribution in [2.75, 3.05) is 19.6 Å². The van der Waals surface area contributed by atoms with Crippen LogP contribution in [0.15, 0.2) is 66.4 Å². The normalized spacial score (nSPS) is 17.2. The molecule has 1 atom stereocenters. The lowest BCUT2D eigenvalue weighted by Crippen LogP contribution is -2.32. The van der Waals surface area contributed by atoms with E-state index in [0.717, 1.165) is 74.4 Å². The zero-order chi connectivity index (χ0) is 26.0. The predicted octanol–water partition coefficient (Wildman–Crippen LogP) is 7.54. The number of nitrogens with zero attached hydrogens (tertiary/aromatic N) is 2. The maximum Gasteiger partial charge on any atom is 0.0790 e. The van der Waals surface area contributed by atoms with E-state index in [9.17, 15) is 5.11 Å². The number of pyridine rings is 1. The number of hydrogen-bond acceptors (Lipinski definition) is 3. The van der Waals surface area contributed by atoms with Crippen molar-refractivity contribution in [2.24, 2.45) is 0 Å². The number of halogens is 1. The van der Waals surface area contributed by atoms with Gasteiger partial charge in [-0.25, -0.2) is 0 Å². The van der Waals surface area contributed by atoms with Gasteiger partial charge in [-0.05, 0) is 96.5 Å². The van der Waals surface area contributed by atoms with Crippen LogP contribution in [0.25, 0.3) is 5.57 Å². The van der Waals surface area contributed by atoms with E-state index in [4.69, 9.17) is 16.6 Å². The first-order valence-electron chi connectivity index (χ1n) is 13.8. The summed E-state index contributed by atoms with van der Waals surface area (Å²) in [6, 6.07) is 19.1. The van der Waals surface area contributed by atoms with E-state index < -0.39 is 6.10 Å². The number of rotatable bonds is 5. The Morgan fingerprint density at radius 1 is 0.946 bits per heavy atom. The maximum atomic E-state index is 10.7. The number of hydrogen-bond donors (Lipinski definition) is 1. The molecule has 2 heterocycles. The van der Waals surface area contributed by atoms with Crippen molar-refractivity contribution in [1.82, 2.24) is 9.88 Å². The van der Waals surface area contributed by atoms with E-state index >= 15 is 0 Å². The minimum absolute atomic E-state index is 0.134. The third-order valence-electron chi connectivity index (χ3n) is 8.06. The fraction of sp³-hybridized carbons (Fsp3) is 0.424. The summed E-state index contributed by atoms with van der Waals surface area (Å²) in [4.78, 5) is 7.41. The topological polar surface area (TPSA) is 36.4 Å². The molecule has 2 aromatic carbocycles. The Morgan fingerprint density at radius 3 is 2.41 bits per heavy atom. The average Bonchev–Trinajstić information content (AvgIpc) is 3.05. The summed E-state index contributed by atoms with van der Waals surface area (Å²) in [6.45, 7) is 9.78. The SMILES string of the molecule is CC(C)(C)c1ccc(C(O)CCCN2CCC(=C3c4cc(Cl)ccc4CCc4cccnc43)CC2)cc1. The van der Waals surface area contributed by atoms with Crippen molar-refractivity contribution in [2.45, 2.75) is 70.8 Å². The largest absolute Gasteiger partial charge is 0.388 e. The Labute approximate surface area is 227 Å². The van der Waals surface area contributed by atoms with Crippen molar-refractivity contribution in [3.8, 4) is 0 Å². The highest BCUT2D eigenvalue weighted by Crippen LogP contribution is 2.38. The third-order valence-corrected chi connectivity index (χ3v) is 8.29. The Kier molecular flexibility index (Phi) is 7.85. The highest BCUT2D eigenvalue weighted by Gasteiger charge is 2.25. The molecule has 2 aliphatic rings. The van der Waals surface area contributed by atoms with Crippen molar-refractivity contribution in [1.29, 1.82) is 0 Å². The third kappa shape index (κ3) is 6.00. The first-order valence-corrected chi connectivity index (χ1v) is 14.1. The number of aliphatic hydroxyl groups is 1. The second-order valence-electron chi connectivity index (χ2n) is 11.7. The molecule has 4 heteroatoms. The summed E-state index contributed by atoms with van der Waals surface area (Å²) < 4.78 is 0. The number of aryl methyl sites for hydroxylation is 2. The lowest BCUT2D eigenvalue weighted by Gasteiger charge is -2.30. The summed E-state index contributed by atoms with van der Waals surface area (Å²) in [5.41, 5.74) is 10.4. The molecule has 0 amide bonds. The van der Waals surface area contributed by atoms with Gasteiger partial charge in [0.2, 0.25) is 0 Å². The molecule has 1 saturated heterocycles. The molecule has 1 N–H and O–H groups in total. The molecule has 1 fully saturated rings. The van der Waals surface area contributed by atoms with E-state index in [2.05, 4.69) is 74.2 Å². The zero-order valence-corrected chi connectivity index (χ0v) is 23.2. The van der Waals surface area contributed by atoms with Crippen LogP contribution < -0.4 is 0 Å². The minimum atomic E-state index is -0.397. The van der Waals surface area contributed by atoms with Crippen molar-refractivity contribution in [3.05, 3.63) is 105 Å². The molecule has 5 rings (SSSR count). The van der Waals surface area contributed by atoms with Crippen LogP contribution in [0.2, 0.25) is 5.02 Å². The molecular weight excluding hydrogens is 476 g/mol. The van der Waals surface area contributed by atoms with Gasteiger partial charge in [-0.2, -0.15) is 0 Å². The van der Waals surface area contributed by atoms with E-state index in [-0.39, 0.29) is 5.41 Å². The lowest BCUT2D eigenvalue weighted by molar-refractivity contribution is 0.153. The average molecular weight is 515 g/mol. The number of aliphatic hydroxyl groups excluding tert-OH is 1. The van der Waals surface area contributed by atoms with Gasteiger partial charge in [0.15, 0.2) is 0 Å². The molecular formula is C33H39ClN2O. The molecule has 1 aliphatic carbocycles. The van der Waals surface area contributed by atoms with Gasteiger partial charge in [0.05, 0.1) is 11.8 Å². The molecule has 0 radical (unpaired) electrons. The van der Waals surface area contributed by atoms with Crippen molar-refractivity contribution < 1.29 is 5.11 Å². The van der Waals surface area contributed by atoms with Gasteiger partial charge in [0.25, 0.3) is 0 Å². The van der Waals surface area contributed by atoms with Crippen LogP contribution in [0.5, 0.6) is 0 Å². The molecule has 0 saturated carbocycles. The molecule has 1 aromatic heterocycles. The molecule has 1 unspecified atom stereocenters. The maximum absolute atomic E-state index is 10.7. The van der Waals surface area contributed by atoms with Crippen LogP contribution in [0.1, 0.15) is 86.1 Å². The van der Waals surface area contributed by atoms with Gasteiger partial charge in [0.1, 0.15) is 0 Å². The van der Waals surface area contributed by atoms with Gasteiger partial charge in [-0.1, -0.05) is 74.3 Å². The zero-order valence-electron chi connectivity index (χ0n) is 22.4. The van der Waals surface area contributed by atoms with Crippen LogP contribution in [-0.4, -0.2) is 34.6 Å². The molecule has 194 valence electrons. The number of aromatic nitrogens is 1. The van der Waals surface area contributed by atoms with Gasteiger partial charge in [0, 0.05) is 29.9 Å². The molecule has 0 bridgehead atoms. The van der Waals surface area contributed by atoms with Gasteiger partial charge in [-0.3, -0.25) is 4.98 Å². The second-order valence-corrected chi connectivity index (χ2v) is 12.1. The molecule has 1 aliphatic heterocycles. The summed E-state index contributed by atoms with van der Waals surface area (Å²) in [5.74, 6) is 0. The lowest BCUT2D eigenvalue weighted by atomic mass is 9.86. The Bertz CT molecular complexity index is 1260. The minimum Gasteiger partial charge on any atom is -0.388 e. The van der Waals surface area contributed by atoms with Gasteiger partial charge >= 0.3 is 0 Å². The van der Waals surface area contributed by atoms with Crippen molar-refractivity contribution >= 4 is 17.2 Å². The highest BCUT2D eigenvalue weighted by atomic mass is 35.5. The molecule has 3 nitrogen and oxygen atoms in total. The first-order chi connectivity index (χ1) is 17.8. The summed E-state index contributed by atoms with van der Waals surface area (Å²) in [7, 11) is 0. The van der Waals surface area contributed by atoms with E-state index in [1.165, 1.54) is 33.4 Å². The number of benzene rings is 2. The van der Waals surface area contributed by atoms with Crippen LogP contribution in [0, 0.1) is 0 Å². The smallest absolute Gasteiger partial charge is 0.0790 e. The van der Waals surface area contributed by atoms with E-state index in [1.54, 1.807) is 0 Å². The first kappa shape index (κ1) is 26.2. The summed E-state index contributed by atoms with van der Waals surface area (Å²) in [5, 5.41) is 11.5. The quantitative estimate of drug-likeness (QED) is 0.382. The van der Waals surface area contributed by atoms with Crippen LogP contribution >= 0.6 is 11.6 Å². The monoisotopic (exact) mass is 514 g/mol. The molecule has 0 spiro atoms. The predicted molar refractivity (Wildman–Crippen MR) is 154 cm³/mol. The second kappa shape index (κ2) is 11.1. The fourth-order valence-electron chi connectivity index (χ4n) is 5.80. The Morgan fingerprint density at radius 2 is 1.68 bits per heavy atom. The van der Waals surface area contributed by atoms with Crippen LogP contribution in [0.4, 0.5) is 0 Å². The van der Waals surface area contributed by atoms with E-state index in [1.807, 2.05) is 12.3 Å². The van der Waals surface area contributed by atoms with Crippen molar-refractivity contribution in [3.63, 3.8) is 0 Å². The summed E-state index contributed by atoms with van der Waals surface area (Å²) in [6.07, 6.45) is 7.46. The summed E-state index contributed by atoms with van der Waals surface area (Å²) >= 11 is 6.47. The number of likely N-dealkylation sites (tertiary alicyclic amines) is 1. The molecule has 37 heavy (non-hydrogen) atoms. The van der Waals surface area contributed by atoms with Crippen LogP contribution in [-0.2, 0) is 18.3 Å². The standard InChI is InChI=1S/C33H39ClN2O/c1-33(2,3)27-13-10-24(11-14-27)30(37)7-5-19-36-20-16-25(17-21-36)31-29-22-28(34)15-12-23(29)8-9-26-6-4-18-35-32(26)31/h4,6,10-15,18,22,30,37H,5,7-9,16-17,19-21H2,1-3H3.